The zero-order valence-electron chi connectivity index (χ0n) is 10.2. The number of nitrogens with zero attached hydrogens (tertiary/aromatic N) is 1. The minimum Gasteiger partial charge on any atom is -0.497 e. The first-order chi connectivity index (χ1) is 8.86. The quantitative estimate of drug-likeness (QED) is 0.753. The fourth-order valence-corrected chi connectivity index (χ4v) is 2.00. The van der Waals surface area contributed by atoms with E-state index in [0.29, 0.717) is 6.73 Å². The van der Waals surface area contributed by atoms with E-state index in [9.17, 15) is 0 Å². The Morgan fingerprint density at radius 2 is 1.94 bits per heavy atom. The van der Waals surface area contributed by atoms with Crippen molar-refractivity contribution in [1.29, 1.82) is 0 Å². The Morgan fingerprint density at radius 1 is 1.11 bits per heavy atom. The third-order valence-electron chi connectivity index (χ3n) is 2.96. The highest BCUT2D eigenvalue weighted by Gasteiger charge is 2.18. The molecule has 0 bridgehead atoms. The fraction of sp³-hybridized carbons (Fsp3) is 0.133. The second-order valence-corrected chi connectivity index (χ2v) is 4.11. The lowest BCUT2D eigenvalue weighted by molar-refractivity contribution is -0.476. The minimum atomic E-state index is 0.531. The van der Waals surface area contributed by atoms with Gasteiger partial charge < -0.3 is 9.47 Å². The number of para-hydroxylation sites is 1. The van der Waals surface area contributed by atoms with E-state index < -0.39 is 0 Å². The highest BCUT2D eigenvalue weighted by atomic mass is 16.5. The van der Waals surface area contributed by atoms with E-state index in [0.717, 1.165) is 22.7 Å². The van der Waals surface area contributed by atoms with E-state index in [4.69, 9.17) is 9.47 Å². The van der Waals surface area contributed by atoms with E-state index >= 15 is 0 Å². The fourth-order valence-electron chi connectivity index (χ4n) is 2.00. The predicted molar refractivity (Wildman–Crippen MR) is 70.0 cm³/mol. The Labute approximate surface area is 106 Å². The van der Waals surface area contributed by atoms with Crippen LogP contribution >= 0.6 is 0 Å². The molecule has 0 saturated heterocycles. The van der Waals surface area contributed by atoms with E-state index in [1.165, 1.54) is 0 Å². The van der Waals surface area contributed by atoms with Gasteiger partial charge in [0.15, 0.2) is 6.21 Å². The number of hydrogen-bond donors (Lipinski definition) is 0. The lowest BCUT2D eigenvalue weighted by Gasteiger charge is -2.14. The van der Waals surface area contributed by atoms with Crippen LogP contribution in [0.3, 0.4) is 0 Å². The van der Waals surface area contributed by atoms with Crippen LogP contribution in [0, 0.1) is 0 Å². The van der Waals surface area contributed by atoms with Crippen LogP contribution in [0.5, 0.6) is 11.5 Å². The van der Waals surface area contributed by atoms with Crippen molar-refractivity contribution < 1.29 is 14.0 Å². The molecule has 0 spiro atoms. The standard InChI is InChI=1S/C15H14NO2/c1-17-14-7-8-15-12(9-14)10-16(11-18-15)13-5-3-2-4-6-13/h2-10H,11H2,1H3/q+1. The van der Waals surface area contributed by atoms with E-state index in [1.807, 2.05) is 36.4 Å². The van der Waals surface area contributed by atoms with Crippen LogP contribution in [-0.4, -0.2) is 24.6 Å². The highest BCUT2D eigenvalue weighted by molar-refractivity contribution is 5.82. The van der Waals surface area contributed by atoms with E-state index in [2.05, 4.69) is 22.9 Å². The molecule has 0 aromatic heterocycles. The van der Waals surface area contributed by atoms with Gasteiger partial charge in [-0.05, 0) is 18.2 Å². The molecule has 0 radical (unpaired) electrons. The highest BCUT2D eigenvalue weighted by Crippen LogP contribution is 2.26. The van der Waals surface area contributed by atoms with Gasteiger partial charge in [0.2, 0.25) is 5.69 Å². The second kappa shape index (κ2) is 4.53. The summed E-state index contributed by atoms with van der Waals surface area (Å²) >= 11 is 0. The van der Waals surface area contributed by atoms with Crippen LogP contribution in [0.15, 0.2) is 48.5 Å². The van der Waals surface area contributed by atoms with Crippen LogP contribution in [0.25, 0.3) is 0 Å². The molecule has 3 nitrogen and oxygen atoms in total. The van der Waals surface area contributed by atoms with Gasteiger partial charge in [0.25, 0.3) is 6.73 Å². The maximum absolute atomic E-state index is 5.73. The largest absolute Gasteiger partial charge is 0.497 e. The van der Waals surface area contributed by atoms with Crippen molar-refractivity contribution in [1.82, 2.24) is 0 Å². The van der Waals surface area contributed by atoms with E-state index in [-0.39, 0.29) is 0 Å². The lowest BCUT2D eigenvalue weighted by Crippen LogP contribution is -2.20. The number of methoxy groups -OCH3 is 1. The predicted octanol–water partition coefficient (Wildman–Crippen LogP) is 2.81. The molecule has 0 fully saturated rings. The van der Waals surface area contributed by atoms with E-state index in [1.54, 1.807) is 7.11 Å². The van der Waals surface area contributed by atoms with Crippen LogP contribution < -0.4 is 9.47 Å². The number of fused-ring (bicyclic) bond motifs is 1. The number of benzene rings is 2. The molecule has 0 atom stereocenters. The molecule has 3 heteroatoms. The van der Waals surface area contributed by atoms with Gasteiger partial charge in [-0.3, -0.25) is 0 Å². The van der Waals surface area contributed by atoms with Crippen LogP contribution in [-0.2, 0) is 0 Å². The summed E-state index contributed by atoms with van der Waals surface area (Å²) in [7, 11) is 1.67. The monoisotopic (exact) mass is 240 g/mol. The zero-order valence-corrected chi connectivity index (χ0v) is 10.2. The third kappa shape index (κ3) is 1.95. The summed E-state index contributed by atoms with van der Waals surface area (Å²) in [4.78, 5) is 0. The summed E-state index contributed by atoms with van der Waals surface area (Å²) in [5.41, 5.74) is 2.15. The molecular formula is C15H14NO2+. The second-order valence-electron chi connectivity index (χ2n) is 4.11. The van der Waals surface area contributed by atoms with Crippen molar-refractivity contribution in [2.75, 3.05) is 13.8 Å². The summed E-state index contributed by atoms with van der Waals surface area (Å²) in [5.74, 6) is 1.73. The number of ether oxygens (including phenoxy) is 2. The Bertz CT molecular complexity index is 591. The maximum atomic E-state index is 5.73. The molecule has 1 aliphatic heterocycles. The van der Waals surface area contributed by atoms with Gasteiger partial charge in [-0.1, -0.05) is 18.2 Å². The first kappa shape index (κ1) is 10.8. The van der Waals surface area contributed by atoms with Crippen molar-refractivity contribution in [2.45, 2.75) is 0 Å². The van der Waals surface area contributed by atoms with Gasteiger partial charge in [-0.15, -0.1) is 0 Å². The molecule has 2 aromatic carbocycles. The molecular weight excluding hydrogens is 226 g/mol. The molecule has 0 amide bonds. The molecule has 0 aliphatic carbocycles. The van der Waals surface area contributed by atoms with Gasteiger partial charge in [-0.25, -0.2) is 0 Å². The molecule has 1 heterocycles. The Hall–Kier alpha value is -2.29. The summed E-state index contributed by atoms with van der Waals surface area (Å²) in [6.45, 7) is 0.531. The van der Waals surface area contributed by atoms with Gasteiger partial charge in [0, 0.05) is 12.1 Å². The molecule has 1 aliphatic rings. The normalized spacial score (nSPS) is 13.3. The molecule has 18 heavy (non-hydrogen) atoms. The van der Waals surface area contributed by atoms with Crippen molar-refractivity contribution >= 4 is 11.9 Å². The first-order valence-corrected chi connectivity index (χ1v) is 5.84. The SMILES string of the molecule is COc1ccc2c(c1)C=[N+](c1ccccc1)CO2. The van der Waals surface area contributed by atoms with Crippen molar-refractivity contribution in [3.8, 4) is 11.5 Å². The van der Waals surface area contributed by atoms with Crippen LogP contribution in [0.1, 0.15) is 5.56 Å². The summed E-state index contributed by atoms with van der Waals surface area (Å²) in [5, 5.41) is 0. The van der Waals surface area contributed by atoms with Gasteiger partial charge in [0.1, 0.15) is 11.5 Å². The summed E-state index contributed by atoms with van der Waals surface area (Å²) in [6.07, 6.45) is 2.08. The molecule has 0 N–H and O–H groups in total. The van der Waals surface area contributed by atoms with Crippen LogP contribution in [0.4, 0.5) is 5.69 Å². The Balaban J connectivity index is 2.02. The topological polar surface area (TPSA) is 21.5 Å². The van der Waals surface area contributed by atoms with Crippen LogP contribution in [0.2, 0.25) is 0 Å². The van der Waals surface area contributed by atoms with Crippen molar-refractivity contribution in [3.05, 3.63) is 54.1 Å². The number of rotatable bonds is 2. The Morgan fingerprint density at radius 3 is 2.72 bits per heavy atom. The Kier molecular flexibility index (Phi) is 2.73. The van der Waals surface area contributed by atoms with Gasteiger partial charge in [0.05, 0.1) is 12.7 Å². The maximum Gasteiger partial charge on any atom is 0.292 e. The molecule has 0 saturated carbocycles. The molecule has 2 aromatic rings. The van der Waals surface area contributed by atoms with Crippen molar-refractivity contribution in [2.24, 2.45) is 0 Å². The zero-order chi connectivity index (χ0) is 12.4. The first-order valence-electron chi connectivity index (χ1n) is 5.84. The van der Waals surface area contributed by atoms with Crippen molar-refractivity contribution in [3.63, 3.8) is 0 Å². The third-order valence-corrected chi connectivity index (χ3v) is 2.96. The molecule has 90 valence electrons. The average molecular weight is 240 g/mol. The van der Waals surface area contributed by atoms with Gasteiger partial charge >= 0.3 is 0 Å². The summed E-state index contributed by atoms with van der Waals surface area (Å²) < 4.78 is 13.0. The lowest BCUT2D eigenvalue weighted by atomic mass is 10.2. The molecule has 3 rings (SSSR count). The summed E-state index contributed by atoms with van der Waals surface area (Å²) in [6, 6.07) is 16.0. The minimum absolute atomic E-state index is 0.531. The average Bonchev–Trinajstić information content (AvgIpc) is 2.47. The van der Waals surface area contributed by atoms with Gasteiger partial charge in [-0.2, -0.15) is 4.58 Å². The number of hydrogen-bond acceptors (Lipinski definition) is 2. The smallest absolute Gasteiger partial charge is 0.292 e. The molecule has 0 unspecified atom stereocenters.